The molecule has 1 aromatic carbocycles. The molecule has 1 unspecified atom stereocenters. The van der Waals surface area contributed by atoms with Gasteiger partial charge in [-0.15, -0.1) is 0 Å². The van der Waals surface area contributed by atoms with Crippen LogP contribution in [0.4, 0.5) is 5.69 Å². The average molecular weight is 353 g/mol. The highest BCUT2D eigenvalue weighted by molar-refractivity contribution is 6.01. The van der Waals surface area contributed by atoms with Crippen LogP contribution >= 0.6 is 0 Å². The van der Waals surface area contributed by atoms with Crippen LogP contribution in [-0.4, -0.2) is 21.5 Å². The zero-order valence-electron chi connectivity index (χ0n) is 14.3. The highest BCUT2D eigenvalue weighted by atomic mass is 16.3. The largest absolute Gasteiger partial charge is 0.494 e. The number of imide groups is 1. The maximum Gasteiger partial charge on any atom is 0.249 e. The van der Waals surface area contributed by atoms with E-state index in [2.05, 4.69) is 10.6 Å². The van der Waals surface area contributed by atoms with E-state index in [1.807, 2.05) is 31.2 Å². The lowest BCUT2D eigenvalue weighted by Gasteiger charge is -2.22. The van der Waals surface area contributed by atoms with Crippen molar-refractivity contribution in [3.63, 3.8) is 0 Å². The number of rotatable bonds is 4. The molecule has 0 saturated carbocycles. The molecular formula is C19H19N3O4. The number of nitrogens with zero attached hydrogens (tertiary/aromatic N) is 1. The number of nitrogens with one attached hydrogen (secondary N) is 2. The van der Waals surface area contributed by atoms with Crippen molar-refractivity contribution >= 4 is 28.3 Å². The number of amides is 2. The van der Waals surface area contributed by atoms with Crippen molar-refractivity contribution in [3.8, 4) is 5.88 Å². The van der Waals surface area contributed by atoms with E-state index in [0.29, 0.717) is 18.4 Å². The second-order valence-electron chi connectivity index (χ2n) is 6.46. The quantitative estimate of drug-likeness (QED) is 0.627. The summed E-state index contributed by atoms with van der Waals surface area (Å²) in [5, 5.41) is 17.7. The maximum atomic E-state index is 12.1. The lowest BCUT2D eigenvalue weighted by molar-refractivity contribution is -0.135. The minimum atomic E-state index is -0.597. The molecule has 3 N–H and O–H groups in total. The van der Waals surface area contributed by atoms with E-state index < -0.39 is 11.9 Å². The fourth-order valence-electron chi connectivity index (χ4n) is 3.34. The minimum absolute atomic E-state index is 0.0204. The number of hydrogen-bond acceptors (Lipinski definition) is 5. The molecule has 1 aliphatic heterocycles. The summed E-state index contributed by atoms with van der Waals surface area (Å²) in [5.74, 6) is 1.01. The summed E-state index contributed by atoms with van der Waals surface area (Å²) in [6, 6.07) is 8.77. The van der Waals surface area contributed by atoms with Crippen molar-refractivity contribution in [3.05, 3.63) is 48.0 Å². The molecule has 0 aliphatic carbocycles. The first-order valence-corrected chi connectivity index (χ1v) is 8.48. The van der Waals surface area contributed by atoms with Gasteiger partial charge in [0.2, 0.25) is 11.8 Å². The monoisotopic (exact) mass is 353 g/mol. The molecule has 7 nitrogen and oxygen atoms in total. The van der Waals surface area contributed by atoms with Crippen molar-refractivity contribution in [2.75, 3.05) is 5.32 Å². The van der Waals surface area contributed by atoms with Crippen molar-refractivity contribution in [2.24, 2.45) is 0 Å². The first kappa shape index (κ1) is 16.3. The molecular weight excluding hydrogens is 334 g/mol. The smallest absolute Gasteiger partial charge is 0.249 e. The van der Waals surface area contributed by atoms with Gasteiger partial charge in [-0.05, 0) is 37.6 Å². The fourth-order valence-corrected chi connectivity index (χ4v) is 3.34. The number of fused-ring (bicyclic) bond motifs is 1. The van der Waals surface area contributed by atoms with Crippen LogP contribution < -0.4 is 10.6 Å². The van der Waals surface area contributed by atoms with Crippen LogP contribution in [0.25, 0.3) is 10.8 Å². The predicted molar refractivity (Wildman–Crippen MR) is 95.8 cm³/mol. The molecule has 1 fully saturated rings. The van der Waals surface area contributed by atoms with Crippen LogP contribution in [0.3, 0.4) is 0 Å². The standard InChI is InChI=1S/C19H19N3O4/c1-11-5-6-12(26-11)9-20-15-4-2-3-13-14(15)10-22(19(13)25)16-7-8-17(23)21-18(16)24/h2-6,10,16,20,25H,7-9H2,1H3,(H,21,23,24). The van der Waals surface area contributed by atoms with E-state index in [1.165, 1.54) is 4.57 Å². The van der Waals surface area contributed by atoms with Gasteiger partial charge in [0.05, 0.1) is 6.54 Å². The molecule has 26 heavy (non-hydrogen) atoms. The third-order valence-electron chi connectivity index (χ3n) is 4.65. The number of benzene rings is 1. The topological polar surface area (TPSA) is 96.5 Å². The summed E-state index contributed by atoms with van der Waals surface area (Å²) in [6.07, 6.45) is 2.38. The van der Waals surface area contributed by atoms with Crippen molar-refractivity contribution < 1.29 is 19.1 Å². The molecule has 1 aliphatic rings. The third kappa shape index (κ3) is 2.81. The molecule has 1 saturated heterocycles. The Labute approximate surface area is 149 Å². The van der Waals surface area contributed by atoms with Crippen molar-refractivity contribution in [1.29, 1.82) is 0 Å². The number of carbonyl (C=O) groups is 2. The molecule has 4 rings (SSSR count). The molecule has 7 heteroatoms. The van der Waals surface area contributed by atoms with Gasteiger partial charge in [-0.2, -0.15) is 0 Å². The van der Waals surface area contributed by atoms with Gasteiger partial charge in [0.25, 0.3) is 0 Å². The van der Waals surface area contributed by atoms with E-state index >= 15 is 0 Å². The van der Waals surface area contributed by atoms with E-state index in [9.17, 15) is 14.7 Å². The molecule has 3 aromatic rings. The highest BCUT2D eigenvalue weighted by Gasteiger charge is 2.30. The highest BCUT2D eigenvalue weighted by Crippen LogP contribution is 2.36. The summed E-state index contributed by atoms with van der Waals surface area (Å²) in [5.41, 5.74) is 0.831. The Bertz CT molecular complexity index is 1000. The molecule has 2 amide bonds. The minimum Gasteiger partial charge on any atom is -0.494 e. The fraction of sp³-hybridized carbons (Fsp3) is 0.263. The van der Waals surface area contributed by atoms with Gasteiger partial charge in [-0.25, -0.2) is 0 Å². The summed E-state index contributed by atoms with van der Waals surface area (Å²) in [4.78, 5) is 23.5. The second kappa shape index (κ2) is 6.25. The summed E-state index contributed by atoms with van der Waals surface area (Å²) in [6.45, 7) is 2.40. The Kier molecular flexibility index (Phi) is 3.91. The number of aromatic nitrogens is 1. The molecule has 0 radical (unpaired) electrons. The predicted octanol–water partition coefficient (Wildman–Crippen LogP) is 2.84. The zero-order valence-corrected chi connectivity index (χ0v) is 14.3. The lowest BCUT2D eigenvalue weighted by atomic mass is 10.1. The van der Waals surface area contributed by atoms with E-state index in [0.717, 1.165) is 22.6 Å². The Balaban J connectivity index is 1.66. The lowest BCUT2D eigenvalue weighted by Crippen LogP contribution is -2.41. The van der Waals surface area contributed by atoms with Gasteiger partial charge in [-0.1, -0.05) is 6.07 Å². The Morgan fingerprint density at radius 3 is 2.85 bits per heavy atom. The van der Waals surface area contributed by atoms with E-state index in [1.54, 1.807) is 12.3 Å². The molecule has 134 valence electrons. The Morgan fingerprint density at radius 2 is 2.12 bits per heavy atom. The van der Waals surface area contributed by atoms with Gasteiger partial charge in [0.1, 0.15) is 17.6 Å². The first-order valence-electron chi connectivity index (χ1n) is 8.48. The third-order valence-corrected chi connectivity index (χ3v) is 4.65. The number of aromatic hydroxyl groups is 1. The number of anilines is 1. The molecule has 3 heterocycles. The second-order valence-corrected chi connectivity index (χ2v) is 6.46. The van der Waals surface area contributed by atoms with Crippen LogP contribution in [0.15, 0.2) is 40.9 Å². The normalized spacial score (nSPS) is 17.5. The maximum absolute atomic E-state index is 12.1. The Hall–Kier alpha value is -3.22. The molecule has 1 atom stereocenters. The molecule has 0 spiro atoms. The SMILES string of the molecule is Cc1ccc(CNc2cccc3c(O)n(C4CCC(=O)NC4=O)cc23)o1. The van der Waals surface area contributed by atoms with E-state index in [-0.39, 0.29) is 18.2 Å². The van der Waals surface area contributed by atoms with Crippen LogP contribution in [0.2, 0.25) is 0 Å². The Morgan fingerprint density at radius 1 is 1.27 bits per heavy atom. The van der Waals surface area contributed by atoms with Crippen molar-refractivity contribution in [1.82, 2.24) is 9.88 Å². The van der Waals surface area contributed by atoms with Crippen LogP contribution in [0.5, 0.6) is 5.88 Å². The molecule has 2 aromatic heterocycles. The molecule has 0 bridgehead atoms. The zero-order chi connectivity index (χ0) is 18.3. The number of carbonyl (C=O) groups excluding carboxylic acids is 2. The average Bonchev–Trinajstić information content (AvgIpc) is 3.17. The van der Waals surface area contributed by atoms with Gasteiger partial charge in [0.15, 0.2) is 5.88 Å². The van der Waals surface area contributed by atoms with Crippen molar-refractivity contribution in [2.45, 2.75) is 32.4 Å². The summed E-state index contributed by atoms with van der Waals surface area (Å²) >= 11 is 0. The van der Waals surface area contributed by atoms with Crippen LogP contribution in [0.1, 0.15) is 30.4 Å². The van der Waals surface area contributed by atoms with Crippen LogP contribution in [0, 0.1) is 6.92 Å². The van der Waals surface area contributed by atoms with E-state index in [4.69, 9.17) is 4.42 Å². The number of piperidine rings is 1. The van der Waals surface area contributed by atoms with Gasteiger partial charge in [-0.3, -0.25) is 14.9 Å². The first-order chi connectivity index (χ1) is 12.5. The van der Waals surface area contributed by atoms with Crippen LogP contribution in [-0.2, 0) is 16.1 Å². The van der Waals surface area contributed by atoms with Gasteiger partial charge >= 0.3 is 0 Å². The number of hydrogen-bond donors (Lipinski definition) is 3. The number of furan rings is 1. The van der Waals surface area contributed by atoms with Gasteiger partial charge in [0, 0.05) is 29.1 Å². The summed E-state index contributed by atoms with van der Waals surface area (Å²) < 4.78 is 7.10. The number of aryl methyl sites for hydroxylation is 1. The summed E-state index contributed by atoms with van der Waals surface area (Å²) in [7, 11) is 0. The van der Waals surface area contributed by atoms with Gasteiger partial charge < -0.3 is 19.4 Å².